The third kappa shape index (κ3) is 2.68. The zero-order valence-electron chi connectivity index (χ0n) is 9.93. The van der Waals surface area contributed by atoms with Gasteiger partial charge in [-0.05, 0) is 12.1 Å². The molecule has 0 spiro atoms. The van der Waals surface area contributed by atoms with E-state index in [1.165, 1.54) is 7.11 Å². The van der Waals surface area contributed by atoms with Gasteiger partial charge in [0.05, 0.1) is 13.5 Å². The van der Waals surface area contributed by atoms with Crippen molar-refractivity contribution >= 4 is 22.8 Å². The molecule has 0 radical (unpaired) electrons. The molecule has 5 nitrogen and oxygen atoms in total. The summed E-state index contributed by atoms with van der Waals surface area (Å²) in [6.07, 6.45) is 0.141. The monoisotopic (exact) mass is 247 g/mol. The van der Waals surface area contributed by atoms with Crippen LogP contribution in [-0.4, -0.2) is 25.5 Å². The third-order valence-electron chi connectivity index (χ3n) is 2.49. The van der Waals surface area contributed by atoms with Crippen molar-refractivity contribution in [2.75, 3.05) is 13.7 Å². The maximum Gasteiger partial charge on any atom is 0.307 e. The third-order valence-corrected chi connectivity index (χ3v) is 2.49. The Balaban J connectivity index is 1.98. The van der Waals surface area contributed by atoms with E-state index in [0.717, 1.165) is 5.39 Å². The average molecular weight is 247 g/mol. The summed E-state index contributed by atoms with van der Waals surface area (Å²) < 4.78 is 9.86. The lowest BCUT2D eigenvalue weighted by Gasteiger charge is -2.01. The van der Waals surface area contributed by atoms with Gasteiger partial charge in [0.1, 0.15) is 5.58 Å². The molecule has 0 bridgehead atoms. The molecule has 0 atom stereocenters. The van der Waals surface area contributed by atoms with Crippen LogP contribution in [0.3, 0.4) is 0 Å². The number of benzene rings is 1. The zero-order chi connectivity index (χ0) is 13.0. The number of fused-ring (bicyclic) bond motifs is 1. The van der Waals surface area contributed by atoms with Crippen LogP contribution in [-0.2, 0) is 9.53 Å². The molecule has 0 aliphatic rings. The molecule has 2 rings (SSSR count). The molecule has 5 heteroatoms. The molecule has 1 aromatic carbocycles. The fraction of sp³-hybridized carbons (Fsp3) is 0.231. The molecule has 1 N–H and O–H groups in total. The van der Waals surface area contributed by atoms with Crippen molar-refractivity contribution in [3.05, 3.63) is 36.1 Å². The number of ether oxygens (including phenoxy) is 1. The minimum absolute atomic E-state index is 0.141. The number of nitrogens with one attached hydrogen (secondary N) is 1. The molecule has 1 aromatic heterocycles. The standard InChI is InChI=1S/C13H13NO4/c1-17-12(15)6-7-14-13(16)11-8-9-4-2-3-5-10(9)18-11/h2-5,8H,6-7H2,1H3,(H,14,16). The second-order valence-corrected chi connectivity index (χ2v) is 3.73. The molecule has 18 heavy (non-hydrogen) atoms. The highest BCUT2D eigenvalue weighted by atomic mass is 16.5. The minimum atomic E-state index is -0.361. The molecule has 0 saturated carbocycles. The van der Waals surface area contributed by atoms with Crippen LogP contribution in [0.15, 0.2) is 34.7 Å². The zero-order valence-corrected chi connectivity index (χ0v) is 9.93. The fourth-order valence-corrected chi connectivity index (χ4v) is 1.56. The Morgan fingerprint density at radius 1 is 1.33 bits per heavy atom. The quantitative estimate of drug-likeness (QED) is 0.835. The average Bonchev–Trinajstić information content (AvgIpc) is 2.82. The number of hydrogen-bond acceptors (Lipinski definition) is 4. The van der Waals surface area contributed by atoms with Gasteiger partial charge < -0.3 is 14.5 Å². The summed E-state index contributed by atoms with van der Waals surface area (Å²) in [4.78, 5) is 22.6. The summed E-state index contributed by atoms with van der Waals surface area (Å²) in [6.45, 7) is 0.225. The summed E-state index contributed by atoms with van der Waals surface area (Å²) >= 11 is 0. The first-order chi connectivity index (χ1) is 8.70. The second kappa shape index (κ2) is 5.35. The molecule has 0 aliphatic carbocycles. The lowest BCUT2D eigenvalue weighted by atomic mass is 10.2. The van der Waals surface area contributed by atoms with Gasteiger partial charge in [-0.2, -0.15) is 0 Å². The lowest BCUT2D eigenvalue weighted by molar-refractivity contribution is -0.140. The fourth-order valence-electron chi connectivity index (χ4n) is 1.56. The predicted octanol–water partition coefficient (Wildman–Crippen LogP) is 1.73. The number of furan rings is 1. The van der Waals surface area contributed by atoms with E-state index in [2.05, 4.69) is 10.1 Å². The number of methoxy groups -OCH3 is 1. The molecule has 0 aliphatic heterocycles. The van der Waals surface area contributed by atoms with E-state index in [-0.39, 0.29) is 30.6 Å². The summed E-state index contributed by atoms with van der Waals surface area (Å²) in [5.74, 6) is -0.462. The second-order valence-electron chi connectivity index (χ2n) is 3.73. The number of para-hydroxylation sites is 1. The largest absolute Gasteiger partial charge is 0.469 e. The Morgan fingerprint density at radius 2 is 2.11 bits per heavy atom. The van der Waals surface area contributed by atoms with Crippen molar-refractivity contribution in [1.82, 2.24) is 5.32 Å². The predicted molar refractivity (Wildman–Crippen MR) is 65.2 cm³/mol. The highest BCUT2D eigenvalue weighted by Gasteiger charge is 2.11. The van der Waals surface area contributed by atoms with Gasteiger partial charge in [-0.15, -0.1) is 0 Å². The van der Waals surface area contributed by atoms with E-state index in [4.69, 9.17) is 4.42 Å². The van der Waals surface area contributed by atoms with Gasteiger partial charge in [0.2, 0.25) is 0 Å². The van der Waals surface area contributed by atoms with Crippen molar-refractivity contribution in [3.63, 3.8) is 0 Å². The number of carbonyl (C=O) groups excluding carboxylic acids is 2. The smallest absolute Gasteiger partial charge is 0.307 e. The van der Waals surface area contributed by atoms with Gasteiger partial charge in [-0.3, -0.25) is 9.59 Å². The Morgan fingerprint density at radius 3 is 2.83 bits per heavy atom. The first-order valence-corrected chi connectivity index (χ1v) is 5.54. The van der Waals surface area contributed by atoms with Crippen LogP contribution < -0.4 is 5.32 Å². The SMILES string of the molecule is COC(=O)CCNC(=O)c1cc2ccccc2o1. The normalized spacial score (nSPS) is 10.3. The molecule has 2 aromatic rings. The number of amides is 1. The lowest BCUT2D eigenvalue weighted by Crippen LogP contribution is -2.25. The Kier molecular flexibility index (Phi) is 3.62. The Bertz CT molecular complexity index is 540. The molecule has 1 amide bonds. The molecule has 94 valence electrons. The van der Waals surface area contributed by atoms with Gasteiger partial charge in [-0.1, -0.05) is 18.2 Å². The molecular weight excluding hydrogens is 234 g/mol. The highest BCUT2D eigenvalue weighted by molar-refractivity contribution is 5.96. The van der Waals surface area contributed by atoms with E-state index >= 15 is 0 Å². The van der Waals surface area contributed by atoms with Crippen LogP contribution in [0, 0.1) is 0 Å². The summed E-state index contributed by atoms with van der Waals surface area (Å²) in [5.41, 5.74) is 0.663. The topological polar surface area (TPSA) is 68.5 Å². The first kappa shape index (κ1) is 12.2. The van der Waals surface area contributed by atoms with Gasteiger partial charge in [0, 0.05) is 11.9 Å². The maximum atomic E-state index is 11.7. The molecule has 1 heterocycles. The number of carbonyl (C=O) groups is 2. The van der Waals surface area contributed by atoms with Crippen LogP contribution in [0.5, 0.6) is 0 Å². The number of hydrogen-bond donors (Lipinski definition) is 1. The van der Waals surface area contributed by atoms with E-state index < -0.39 is 0 Å². The first-order valence-electron chi connectivity index (χ1n) is 5.54. The Labute approximate surface area is 104 Å². The van der Waals surface area contributed by atoms with Gasteiger partial charge in [-0.25, -0.2) is 0 Å². The van der Waals surface area contributed by atoms with Crippen LogP contribution >= 0.6 is 0 Å². The van der Waals surface area contributed by atoms with Gasteiger partial charge >= 0.3 is 5.97 Å². The van der Waals surface area contributed by atoms with Crippen molar-refractivity contribution < 1.29 is 18.7 Å². The van der Waals surface area contributed by atoms with E-state index in [9.17, 15) is 9.59 Å². The number of esters is 1. The van der Waals surface area contributed by atoms with Crippen LogP contribution in [0.2, 0.25) is 0 Å². The van der Waals surface area contributed by atoms with E-state index in [0.29, 0.717) is 5.58 Å². The molecular formula is C13H13NO4. The number of rotatable bonds is 4. The van der Waals surface area contributed by atoms with E-state index in [1.54, 1.807) is 12.1 Å². The maximum absolute atomic E-state index is 11.7. The molecule has 0 unspecified atom stereocenters. The summed E-state index contributed by atoms with van der Waals surface area (Å²) in [6, 6.07) is 9.04. The van der Waals surface area contributed by atoms with Crippen LogP contribution in [0.1, 0.15) is 17.0 Å². The minimum Gasteiger partial charge on any atom is -0.469 e. The van der Waals surface area contributed by atoms with Crippen molar-refractivity contribution in [2.45, 2.75) is 6.42 Å². The van der Waals surface area contributed by atoms with Crippen molar-refractivity contribution in [3.8, 4) is 0 Å². The van der Waals surface area contributed by atoms with Crippen LogP contribution in [0.25, 0.3) is 11.0 Å². The highest BCUT2D eigenvalue weighted by Crippen LogP contribution is 2.18. The molecule has 0 saturated heterocycles. The Hall–Kier alpha value is -2.30. The molecule has 0 fully saturated rings. The van der Waals surface area contributed by atoms with Crippen LogP contribution in [0.4, 0.5) is 0 Å². The summed E-state index contributed by atoms with van der Waals surface area (Å²) in [5, 5.41) is 3.46. The van der Waals surface area contributed by atoms with Crippen molar-refractivity contribution in [1.29, 1.82) is 0 Å². The van der Waals surface area contributed by atoms with Crippen molar-refractivity contribution in [2.24, 2.45) is 0 Å². The van der Waals surface area contributed by atoms with Gasteiger partial charge in [0.25, 0.3) is 5.91 Å². The van der Waals surface area contributed by atoms with Gasteiger partial charge in [0.15, 0.2) is 5.76 Å². The van der Waals surface area contributed by atoms with E-state index in [1.807, 2.05) is 18.2 Å². The summed E-state index contributed by atoms with van der Waals surface area (Å²) in [7, 11) is 1.31.